The molecule has 0 spiro atoms. The number of hydrogen-bond donors (Lipinski definition) is 0. The molecule has 1 aliphatic heterocycles. The summed E-state index contributed by atoms with van der Waals surface area (Å²) < 4.78 is 86.6. The van der Waals surface area contributed by atoms with E-state index < -0.39 is 36.2 Å². The normalized spacial score (nSPS) is 16.5. The number of ether oxygens (including phenoxy) is 4. The van der Waals surface area contributed by atoms with Crippen LogP contribution in [0.4, 0.5) is 17.6 Å². The van der Waals surface area contributed by atoms with Gasteiger partial charge in [0.25, 0.3) is 6.01 Å². The van der Waals surface area contributed by atoms with Crippen molar-refractivity contribution < 1.29 is 45.7 Å². The number of alkyl halides is 3. The van der Waals surface area contributed by atoms with Crippen LogP contribution in [0, 0.1) is 6.01 Å². The molecule has 1 aliphatic carbocycles. The molecule has 314 valence electrons. The highest BCUT2D eigenvalue weighted by Crippen LogP contribution is 2.56. The minimum atomic E-state index is -4.47. The summed E-state index contributed by atoms with van der Waals surface area (Å²) in [6.45, 7) is 5.26. The molecule has 0 bridgehead atoms. The Morgan fingerprint density at radius 1 is 1.00 bits per heavy atom. The average Bonchev–Trinajstić information content (AvgIpc) is 3.49. The topological polar surface area (TPSA) is 117 Å². The second-order valence-corrected chi connectivity index (χ2v) is 16.4. The number of nitrogens with zero attached hydrogens (tertiary/aromatic N) is 6. The van der Waals surface area contributed by atoms with Crippen molar-refractivity contribution in [3.63, 3.8) is 0 Å². The van der Waals surface area contributed by atoms with Crippen LogP contribution in [0.1, 0.15) is 31.0 Å². The number of benzene rings is 3. The summed E-state index contributed by atoms with van der Waals surface area (Å²) in [6, 6.07) is 12.7. The average molecular weight is 867 g/mol. The number of thiophene rings is 1. The number of carbonyl (C=O) groups is 1. The van der Waals surface area contributed by atoms with Crippen LogP contribution in [0.2, 0.25) is 5.02 Å². The SMILES string of the molecule is CCOC(=O)[C@H](Oc1ncnc2sc3c4oc(F)cc4c4c(Cl)c(OCCN5CCN(C)CC5)ccc4c3c12)C1(c2ccccc2OCc2ccnn2CC(F)(F)F)CC1. The summed E-state index contributed by atoms with van der Waals surface area (Å²) in [6.07, 6.45) is -2.08. The third-order valence-electron chi connectivity index (χ3n) is 11.2. The number of fused-ring (bicyclic) bond motifs is 8. The third kappa shape index (κ3) is 7.56. The number of likely N-dealkylation sites (N-methyl/N-ethyl adjacent to an activating group) is 1. The van der Waals surface area contributed by atoms with Crippen molar-refractivity contribution in [3.8, 4) is 17.4 Å². The molecule has 0 N–H and O–H groups in total. The van der Waals surface area contributed by atoms with Gasteiger partial charge in [-0.1, -0.05) is 29.8 Å². The van der Waals surface area contributed by atoms with E-state index in [1.165, 1.54) is 36.0 Å². The minimum Gasteiger partial charge on any atom is -0.491 e. The number of halogens is 5. The van der Waals surface area contributed by atoms with Crippen molar-refractivity contribution in [2.24, 2.45) is 0 Å². The monoisotopic (exact) mass is 866 g/mol. The summed E-state index contributed by atoms with van der Waals surface area (Å²) in [7, 11) is 2.10. The third-order valence-corrected chi connectivity index (χ3v) is 12.7. The van der Waals surface area contributed by atoms with Crippen LogP contribution in [0.25, 0.3) is 42.0 Å². The predicted octanol–water partition coefficient (Wildman–Crippen LogP) is 8.54. The summed E-state index contributed by atoms with van der Waals surface area (Å²) >= 11 is 8.40. The van der Waals surface area contributed by atoms with Crippen molar-refractivity contribution in [2.75, 3.05) is 53.0 Å². The molecule has 2 fully saturated rings. The molecule has 3 aromatic carbocycles. The summed E-state index contributed by atoms with van der Waals surface area (Å²) in [5.41, 5.74) is 0.163. The molecular weight excluding hydrogens is 828 g/mol. The van der Waals surface area contributed by atoms with Gasteiger partial charge in [-0.15, -0.1) is 11.3 Å². The molecule has 1 saturated carbocycles. The molecule has 7 aromatic rings. The largest absolute Gasteiger partial charge is 0.491 e. The zero-order chi connectivity index (χ0) is 41.8. The lowest BCUT2D eigenvalue weighted by Gasteiger charge is -2.32. The van der Waals surface area contributed by atoms with Crippen molar-refractivity contribution in [3.05, 3.63) is 83.3 Å². The first-order valence-corrected chi connectivity index (χ1v) is 20.7. The van der Waals surface area contributed by atoms with Gasteiger partial charge in [0.15, 0.2) is 5.58 Å². The van der Waals surface area contributed by atoms with Crippen LogP contribution in [0.15, 0.2) is 65.5 Å². The second-order valence-electron chi connectivity index (χ2n) is 15.0. The maximum atomic E-state index is 15.1. The Labute approximate surface area is 349 Å². The summed E-state index contributed by atoms with van der Waals surface area (Å²) in [5.74, 6) is 0.255. The molecule has 0 amide bonds. The van der Waals surface area contributed by atoms with Crippen LogP contribution < -0.4 is 14.2 Å². The molecule has 60 heavy (non-hydrogen) atoms. The number of para-hydroxylation sites is 1. The summed E-state index contributed by atoms with van der Waals surface area (Å²) in [4.78, 5) is 28.2. The highest BCUT2D eigenvalue weighted by Gasteiger charge is 2.58. The van der Waals surface area contributed by atoms with Gasteiger partial charge in [-0.3, -0.25) is 9.58 Å². The van der Waals surface area contributed by atoms with Gasteiger partial charge in [0.05, 0.1) is 27.4 Å². The van der Waals surface area contributed by atoms with Crippen molar-refractivity contribution in [2.45, 2.75) is 50.6 Å². The first-order chi connectivity index (χ1) is 28.9. The number of hydrogen-bond acceptors (Lipinski definition) is 12. The van der Waals surface area contributed by atoms with Crippen LogP contribution >= 0.6 is 22.9 Å². The van der Waals surface area contributed by atoms with Gasteiger partial charge in [0, 0.05) is 72.1 Å². The van der Waals surface area contributed by atoms with Gasteiger partial charge < -0.3 is 28.3 Å². The number of aromatic nitrogens is 4. The highest BCUT2D eigenvalue weighted by atomic mass is 35.5. The Balaban J connectivity index is 1.09. The van der Waals surface area contributed by atoms with Gasteiger partial charge in [-0.05, 0) is 56.5 Å². The lowest BCUT2D eigenvalue weighted by atomic mass is 9.88. The number of carbonyl (C=O) groups excluding carboxylic acids is 1. The standard InChI is InChI=1S/C42H39ClF4N6O6S/c1-3-55-40(54)37(41(11-12-41)27-6-4-5-7-28(27)57-21-24-10-13-50-53(24)22-42(45,46)47)59-38-33-32-25-8-9-29(56-19-18-52-16-14-51(2)15-17-52)34(43)31(25)26-20-30(44)58-35(26)36(32)60-39(33)49-23-48-38/h4-10,13,20,23,37H,3,11-12,14-19,21-22H2,1-2H3/t37-/m0/s1. The Bertz CT molecular complexity index is 2730. The van der Waals surface area contributed by atoms with Crippen LogP contribution in [-0.4, -0.2) is 101 Å². The molecule has 5 heterocycles. The van der Waals surface area contributed by atoms with E-state index in [4.69, 9.17) is 35.0 Å². The lowest BCUT2D eigenvalue weighted by Crippen LogP contribution is -2.45. The molecule has 0 unspecified atom stereocenters. The first kappa shape index (κ1) is 40.2. The quantitative estimate of drug-likeness (QED) is 0.0774. The fourth-order valence-electron chi connectivity index (χ4n) is 8.10. The zero-order valence-electron chi connectivity index (χ0n) is 32.6. The number of rotatable bonds is 14. The van der Waals surface area contributed by atoms with Crippen LogP contribution in [0.5, 0.6) is 17.4 Å². The van der Waals surface area contributed by atoms with Gasteiger partial charge in [-0.2, -0.15) is 22.7 Å². The number of esters is 1. The molecular formula is C42H39ClF4N6O6S. The van der Waals surface area contributed by atoms with Crippen molar-refractivity contribution in [1.29, 1.82) is 0 Å². The molecule has 12 nitrogen and oxygen atoms in total. The van der Waals surface area contributed by atoms with Gasteiger partial charge >= 0.3 is 12.1 Å². The molecule has 18 heteroatoms. The maximum Gasteiger partial charge on any atom is 0.408 e. The minimum absolute atomic E-state index is 0.0711. The molecule has 0 radical (unpaired) electrons. The molecule has 4 aromatic heterocycles. The fourth-order valence-corrected chi connectivity index (χ4v) is 9.56. The lowest BCUT2D eigenvalue weighted by molar-refractivity contribution is -0.153. The first-order valence-electron chi connectivity index (χ1n) is 19.5. The molecule has 1 atom stereocenters. The van der Waals surface area contributed by atoms with E-state index in [-0.39, 0.29) is 35.4 Å². The number of piperazine rings is 1. The molecule has 9 rings (SSSR count). The number of furan rings is 1. The maximum absolute atomic E-state index is 15.1. The smallest absolute Gasteiger partial charge is 0.408 e. The zero-order valence-corrected chi connectivity index (χ0v) is 34.1. The molecule has 2 aliphatic rings. The van der Waals surface area contributed by atoms with Crippen molar-refractivity contribution >= 4 is 71.0 Å². The van der Waals surface area contributed by atoms with E-state index in [0.29, 0.717) is 73.0 Å². The van der Waals surface area contributed by atoms with E-state index in [2.05, 4.69) is 31.9 Å². The van der Waals surface area contributed by atoms with E-state index in [1.54, 1.807) is 31.2 Å². The Hall–Kier alpha value is -5.23. The van der Waals surface area contributed by atoms with Crippen LogP contribution in [0.3, 0.4) is 0 Å². The highest BCUT2D eigenvalue weighted by molar-refractivity contribution is 7.26. The van der Waals surface area contributed by atoms with E-state index >= 15 is 4.39 Å². The Kier molecular flexibility index (Phi) is 10.7. The summed E-state index contributed by atoms with van der Waals surface area (Å²) in [5, 5.41) is 6.80. The van der Waals surface area contributed by atoms with Gasteiger partial charge in [-0.25, -0.2) is 14.8 Å². The Morgan fingerprint density at radius 2 is 1.80 bits per heavy atom. The Morgan fingerprint density at radius 3 is 2.57 bits per heavy atom. The second kappa shape index (κ2) is 16.0. The van der Waals surface area contributed by atoms with Crippen LogP contribution in [-0.2, 0) is 28.1 Å². The molecule has 1 saturated heterocycles. The fraction of sp³-hybridized carbons (Fsp3) is 0.381. The van der Waals surface area contributed by atoms with E-state index in [9.17, 15) is 18.0 Å². The van der Waals surface area contributed by atoms with Gasteiger partial charge in [0.2, 0.25) is 12.0 Å². The van der Waals surface area contributed by atoms with Gasteiger partial charge in [0.1, 0.15) is 42.4 Å². The predicted molar refractivity (Wildman–Crippen MR) is 218 cm³/mol. The van der Waals surface area contributed by atoms with E-state index in [0.717, 1.165) is 37.4 Å². The van der Waals surface area contributed by atoms with Crippen molar-refractivity contribution in [1.82, 2.24) is 29.5 Å². The van der Waals surface area contributed by atoms with E-state index in [1.807, 2.05) is 12.1 Å².